The number of fused-ring (bicyclic) bond motifs is 2. The quantitative estimate of drug-likeness (QED) is 0.597. The van der Waals surface area contributed by atoms with Crippen LogP contribution in [-0.4, -0.2) is 31.3 Å². The Bertz CT molecular complexity index is 1070. The molecule has 1 N–H and O–H groups in total. The summed E-state index contributed by atoms with van der Waals surface area (Å²) in [6, 6.07) is 10.9. The maximum atomic E-state index is 12.6. The second-order valence-corrected chi connectivity index (χ2v) is 6.00. The Balaban J connectivity index is 1.80. The molecule has 0 aliphatic carbocycles. The Hall–Kier alpha value is -3.48. The number of hydrogen-bond acceptors (Lipinski definition) is 6. The molecule has 2 aromatic carbocycles. The minimum atomic E-state index is -0.238. The highest BCUT2D eigenvalue weighted by Gasteiger charge is 2.25. The van der Waals surface area contributed by atoms with Gasteiger partial charge >= 0.3 is 0 Å². The van der Waals surface area contributed by atoms with Crippen molar-refractivity contribution in [3.05, 3.63) is 57.9 Å². The molecule has 0 atom stereocenters. The summed E-state index contributed by atoms with van der Waals surface area (Å²) in [5, 5.41) is 0. The molecule has 1 aliphatic heterocycles. The van der Waals surface area contributed by atoms with Crippen LogP contribution in [0.15, 0.2) is 41.2 Å². The highest BCUT2D eigenvalue weighted by atomic mass is 16.5. The van der Waals surface area contributed by atoms with Crippen LogP contribution in [0.1, 0.15) is 11.1 Å². The Morgan fingerprint density at radius 1 is 1.00 bits per heavy atom. The van der Waals surface area contributed by atoms with Crippen LogP contribution in [0.25, 0.3) is 11.4 Å². The number of aromatic nitrogens is 2. The highest BCUT2D eigenvalue weighted by Crippen LogP contribution is 2.41. The van der Waals surface area contributed by atoms with Gasteiger partial charge in [0.05, 0.1) is 26.9 Å². The number of H-pyrrole nitrogens is 1. The van der Waals surface area contributed by atoms with E-state index < -0.39 is 0 Å². The molecule has 1 aromatic heterocycles. The normalized spacial score (nSPS) is 11.8. The van der Waals surface area contributed by atoms with E-state index in [9.17, 15) is 4.79 Å². The van der Waals surface area contributed by atoms with Gasteiger partial charge in [0.25, 0.3) is 5.56 Å². The van der Waals surface area contributed by atoms with Crippen molar-refractivity contribution in [3.8, 4) is 40.3 Å². The first kappa shape index (κ1) is 17.0. The fraction of sp³-hybridized carbons (Fsp3) is 0.200. The smallest absolute Gasteiger partial charge is 0.258 e. The fourth-order valence-electron chi connectivity index (χ4n) is 3.10. The molecule has 7 nitrogen and oxygen atoms in total. The van der Waals surface area contributed by atoms with Gasteiger partial charge in [-0.25, -0.2) is 0 Å². The Kier molecular flexibility index (Phi) is 4.19. The molecule has 0 unspecified atom stereocenters. The third-order valence-electron chi connectivity index (χ3n) is 4.48. The number of ether oxygens (including phenoxy) is 4. The van der Waals surface area contributed by atoms with Gasteiger partial charge in [0, 0.05) is 17.5 Å². The lowest BCUT2D eigenvalue weighted by Crippen LogP contribution is -2.20. The molecular weight excluding hydrogens is 348 g/mol. The zero-order chi connectivity index (χ0) is 19.0. The lowest BCUT2D eigenvalue weighted by atomic mass is 10.0. The molecule has 1 aliphatic rings. The van der Waals surface area contributed by atoms with Crippen molar-refractivity contribution >= 4 is 0 Å². The SMILES string of the molecule is COc1ccc(-c2nc3c(c(=O)[nH]2)Cc2cccc(OC)c2O3)cc1OC. The summed E-state index contributed by atoms with van der Waals surface area (Å²) in [5.74, 6) is 3.00. The molecule has 27 heavy (non-hydrogen) atoms. The van der Waals surface area contributed by atoms with E-state index in [1.807, 2.05) is 18.2 Å². The predicted octanol–water partition coefficient (Wildman–Crippen LogP) is 3.16. The number of methoxy groups -OCH3 is 3. The second-order valence-electron chi connectivity index (χ2n) is 6.00. The molecule has 0 saturated carbocycles. The van der Waals surface area contributed by atoms with Crippen molar-refractivity contribution in [2.24, 2.45) is 0 Å². The summed E-state index contributed by atoms with van der Waals surface area (Å²) in [7, 11) is 4.70. The summed E-state index contributed by atoms with van der Waals surface area (Å²) in [6.07, 6.45) is 0.427. The number of aromatic amines is 1. The lowest BCUT2D eigenvalue weighted by molar-refractivity contribution is 0.355. The van der Waals surface area contributed by atoms with Gasteiger partial charge in [-0.05, 0) is 24.3 Å². The highest BCUT2D eigenvalue weighted by molar-refractivity contribution is 5.62. The van der Waals surface area contributed by atoms with Crippen molar-refractivity contribution in [3.63, 3.8) is 0 Å². The van der Waals surface area contributed by atoms with Crippen LogP contribution in [0.5, 0.6) is 28.9 Å². The number of benzene rings is 2. The number of nitrogens with one attached hydrogen (secondary N) is 1. The summed E-state index contributed by atoms with van der Waals surface area (Å²) >= 11 is 0. The summed E-state index contributed by atoms with van der Waals surface area (Å²) < 4.78 is 21.9. The molecule has 4 rings (SSSR count). The van der Waals surface area contributed by atoms with Crippen molar-refractivity contribution in [2.75, 3.05) is 21.3 Å². The monoisotopic (exact) mass is 366 g/mol. The minimum absolute atomic E-state index is 0.238. The average molecular weight is 366 g/mol. The van der Waals surface area contributed by atoms with Gasteiger partial charge in [-0.2, -0.15) is 4.98 Å². The molecule has 0 bridgehead atoms. The van der Waals surface area contributed by atoms with Gasteiger partial charge < -0.3 is 23.9 Å². The minimum Gasteiger partial charge on any atom is -0.493 e. The molecule has 0 fully saturated rings. The van der Waals surface area contributed by atoms with E-state index >= 15 is 0 Å². The maximum absolute atomic E-state index is 12.6. The third-order valence-corrected chi connectivity index (χ3v) is 4.48. The first-order valence-corrected chi connectivity index (χ1v) is 8.34. The van der Waals surface area contributed by atoms with Crippen LogP contribution in [0, 0.1) is 0 Å². The van der Waals surface area contributed by atoms with E-state index in [-0.39, 0.29) is 11.4 Å². The largest absolute Gasteiger partial charge is 0.493 e. The van der Waals surface area contributed by atoms with Gasteiger partial charge in [0.1, 0.15) is 5.82 Å². The second kappa shape index (κ2) is 6.68. The molecule has 0 radical (unpaired) electrons. The molecule has 7 heteroatoms. The molecule has 0 spiro atoms. The Morgan fingerprint density at radius 2 is 1.78 bits per heavy atom. The van der Waals surface area contributed by atoms with Gasteiger partial charge in [-0.15, -0.1) is 0 Å². The van der Waals surface area contributed by atoms with Crippen LogP contribution in [0.4, 0.5) is 0 Å². The molecule has 3 aromatic rings. The first-order chi connectivity index (χ1) is 13.1. The van der Waals surface area contributed by atoms with E-state index in [2.05, 4.69) is 9.97 Å². The summed E-state index contributed by atoms with van der Waals surface area (Å²) in [5.41, 5.74) is 1.81. The van der Waals surface area contributed by atoms with Crippen molar-refractivity contribution in [1.29, 1.82) is 0 Å². The van der Waals surface area contributed by atoms with Gasteiger partial charge in [0.15, 0.2) is 23.0 Å². The molecular formula is C20H18N2O5. The number of rotatable bonds is 4. The summed E-state index contributed by atoms with van der Waals surface area (Å²) in [6.45, 7) is 0. The van der Waals surface area contributed by atoms with Crippen molar-refractivity contribution in [1.82, 2.24) is 9.97 Å². The Morgan fingerprint density at radius 3 is 2.52 bits per heavy atom. The van der Waals surface area contributed by atoms with E-state index in [1.165, 1.54) is 0 Å². The van der Waals surface area contributed by atoms with Gasteiger partial charge in [-0.3, -0.25) is 4.79 Å². The lowest BCUT2D eigenvalue weighted by Gasteiger charge is -2.21. The first-order valence-electron chi connectivity index (χ1n) is 8.34. The van der Waals surface area contributed by atoms with Crippen LogP contribution in [0.3, 0.4) is 0 Å². The van der Waals surface area contributed by atoms with Crippen molar-refractivity contribution < 1.29 is 18.9 Å². The van der Waals surface area contributed by atoms with Crippen LogP contribution in [-0.2, 0) is 6.42 Å². The zero-order valence-electron chi connectivity index (χ0n) is 15.2. The van der Waals surface area contributed by atoms with Gasteiger partial charge in [0.2, 0.25) is 5.88 Å². The summed E-state index contributed by atoms with van der Waals surface area (Å²) in [4.78, 5) is 20.0. The zero-order valence-corrected chi connectivity index (χ0v) is 15.2. The van der Waals surface area contributed by atoms with E-state index in [1.54, 1.807) is 39.5 Å². The van der Waals surface area contributed by atoms with Crippen molar-refractivity contribution in [2.45, 2.75) is 6.42 Å². The van der Waals surface area contributed by atoms with E-state index in [0.717, 1.165) is 5.56 Å². The topological polar surface area (TPSA) is 82.7 Å². The standard InChI is InChI=1S/C20H18N2O5/c1-24-14-8-7-12(10-16(14)26-3)18-21-19(23)13-9-11-5-4-6-15(25-2)17(11)27-20(13)22-18/h4-8,10H,9H2,1-3H3,(H,21,22,23). The van der Waals surface area contributed by atoms with Gasteiger partial charge in [-0.1, -0.05) is 12.1 Å². The number of nitrogens with zero attached hydrogens (tertiary/aromatic N) is 1. The predicted molar refractivity (Wildman–Crippen MR) is 99.3 cm³/mol. The molecule has 138 valence electrons. The molecule has 0 saturated heterocycles. The van der Waals surface area contributed by atoms with E-state index in [4.69, 9.17) is 18.9 Å². The number of hydrogen-bond donors (Lipinski definition) is 1. The van der Waals surface area contributed by atoms with Crippen LogP contribution < -0.4 is 24.5 Å². The molecule has 2 heterocycles. The van der Waals surface area contributed by atoms with E-state index in [0.29, 0.717) is 46.4 Å². The average Bonchev–Trinajstić information content (AvgIpc) is 2.71. The number of para-hydroxylation sites is 1. The Labute approximate surface area is 155 Å². The van der Waals surface area contributed by atoms with Crippen LogP contribution >= 0.6 is 0 Å². The third kappa shape index (κ3) is 2.87. The molecule has 0 amide bonds. The maximum Gasteiger partial charge on any atom is 0.258 e. The fourth-order valence-corrected chi connectivity index (χ4v) is 3.10. The van der Waals surface area contributed by atoms with Crippen LogP contribution in [0.2, 0.25) is 0 Å².